The Morgan fingerprint density at radius 3 is 2.65 bits per heavy atom. The summed E-state index contributed by atoms with van der Waals surface area (Å²) in [6.07, 6.45) is 3.79. The van der Waals surface area contributed by atoms with Crippen molar-refractivity contribution in [3.8, 4) is 0 Å². The molecule has 142 valence electrons. The van der Waals surface area contributed by atoms with Gasteiger partial charge in [0.15, 0.2) is 5.96 Å². The second kappa shape index (κ2) is 8.54. The summed E-state index contributed by atoms with van der Waals surface area (Å²) in [7, 11) is 3.54. The second-order valence-electron chi connectivity index (χ2n) is 7.65. The molecule has 1 amide bonds. The van der Waals surface area contributed by atoms with Gasteiger partial charge in [-0.1, -0.05) is 30.3 Å². The number of nitrogens with one attached hydrogen (secondary N) is 2. The van der Waals surface area contributed by atoms with Gasteiger partial charge in [-0.05, 0) is 31.7 Å². The van der Waals surface area contributed by atoms with Gasteiger partial charge in [-0.3, -0.25) is 9.69 Å². The molecule has 0 radical (unpaired) electrons. The van der Waals surface area contributed by atoms with E-state index in [-0.39, 0.29) is 12.5 Å². The number of likely N-dealkylation sites (tertiary alicyclic amines) is 1. The maximum absolute atomic E-state index is 11.9. The van der Waals surface area contributed by atoms with Gasteiger partial charge in [-0.15, -0.1) is 0 Å². The number of carbonyl (C=O) groups excluding carboxylic acids is 1. The molecule has 1 aliphatic carbocycles. The van der Waals surface area contributed by atoms with Crippen molar-refractivity contribution in [1.29, 1.82) is 0 Å². The van der Waals surface area contributed by atoms with Crippen LogP contribution < -0.4 is 10.6 Å². The van der Waals surface area contributed by atoms with Crippen molar-refractivity contribution in [2.75, 3.05) is 27.2 Å². The van der Waals surface area contributed by atoms with Crippen molar-refractivity contribution in [3.63, 3.8) is 0 Å². The number of likely N-dealkylation sites (N-methyl/N-ethyl adjacent to an activating group) is 1. The van der Waals surface area contributed by atoms with Crippen LogP contribution in [0.3, 0.4) is 0 Å². The zero-order valence-corrected chi connectivity index (χ0v) is 16.1. The lowest BCUT2D eigenvalue weighted by atomic mass is 10.2. The van der Waals surface area contributed by atoms with Crippen molar-refractivity contribution in [2.45, 2.75) is 50.9 Å². The van der Waals surface area contributed by atoms with E-state index in [1.807, 2.05) is 18.2 Å². The van der Waals surface area contributed by atoms with Crippen molar-refractivity contribution in [1.82, 2.24) is 20.4 Å². The number of hydrogen-bond donors (Lipinski definition) is 2. The van der Waals surface area contributed by atoms with E-state index in [1.165, 1.54) is 12.8 Å². The van der Waals surface area contributed by atoms with Crippen molar-refractivity contribution in [2.24, 2.45) is 4.99 Å². The molecule has 1 aromatic carbocycles. The van der Waals surface area contributed by atoms with Gasteiger partial charge in [0.05, 0.1) is 13.1 Å². The molecule has 0 spiro atoms. The van der Waals surface area contributed by atoms with Crippen LogP contribution in [-0.2, 0) is 11.3 Å². The van der Waals surface area contributed by atoms with Crippen LogP contribution in [0.4, 0.5) is 0 Å². The molecule has 6 heteroatoms. The molecule has 6 nitrogen and oxygen atoms in total. The van der Waals surface area contributed by atoms with E-state index in [0.717, 1.165) is 30.5 Å². The second-order valence-corrected chi connectivity index (χ2v) is 7.65. The molecule has 1 saturated carbocycles. The zero-order valence-electron chi connectivity index (χ0n) is 16.1. The third-order valence-corrected chi connectivity index (χ3v) is 5.15. The van der Waals surface area contributed by atoms with Gasteiger partial charge in [0, 0.05) is 38.8 Å². The van der Waals surface area contributed by atoms with Gasteiger partial charge in [0.2, 0.25) is 5.91 Å². The lowest BCUT2D eigenvalue weighted by Crippen LogP contribution is -2.47. The molecular weight excluding hydrogens is 326 g/mol. The number of rotatable bonds is 6. The SMILES string of the molecule is CC1CC(NC(=NCc2ccccc2)NCC(=O)N(C)C)CN1C1CC1. The first kappa shape index (κ1) is 18.7. The topological polar surface area (TPSA) is 60.0 Å². The predicted octanol–water partition coefficient (Wildman–Crippen LogP) is 1.44. The normalized spacial score (nSPS) is 23.7. The van der Waals surface area contributed by atoms with Crippen LogP contribution in [0.2, 0.25) is 0 Å². The number of guanidine groups is 1. The number of carbonyl (C=O) groups is 1. The minimum Gasteiger partial charge on any atom is -0.352 e. The van der Waals surface area contributed by atoms with Crippen LogP contribution in [0.15, 0.2) is 35.3 Å². The number of aliphatic imine (C=N–C) groups is 1. The highest BCUT2D eigenvalue weighted by molar-refractivity contribution is 5.86. The zero-order chi connectivity index (χ0) is 18.5. The van der Waals surface area contributed by atoms with Crippen molar-refractivity contribution >= 4 is 11.9 Å². The summed E-state index contributed by atoms with van der Waals surface area (Å²) in [6.45, 7) is 4.21. The summed E-state index contributed by atoms with van der Waals surface area (Å²) in [5, 5.41) is 6.75. The molecule has 3 rings (SSSR count). The third-order valence-electron chi connectivity index (χ3n) is 5.15. The molecule has 1 aliphatic heterocycles. The Morgan fingerprint density at radius 2 is 2.00 bits per heavy atom. The fourth-order valence-electron chi connectivity index (χ4n) is 3.49. The lowest BCUT2D eigenvalue weighted by molar-refractivity contribution is -0.127. The summed E-state index contributed by atoms with van der Waals surface area (Å²) in [6, 6.07) is 12.0. The molecule has 1 heterocycles. The van der Waals surface area contributed by atoms with Gasteiger partial charge in [0.25, 0.3) is 0 Å². The van der Waals surface area contributed by atoms with E-state index in [1.54, 1.807) is 19.0 Å². The first-order chi connectivity index (χ1) is 12.5. The standard InChI is InChI=1S/C20H31N5O/c1-15-11-17(14-25(15)18-9-10-18)23-20(22-13-19(26)24(2)3)21-12-16-7-5-4-6-8-16/h4-8,15,17-18H,9-14H2,1-3H3,(H2,21,22,23). The first-order valence-electron chi connectivity index (χ1n) is 9.57. The number of amides is 1. The van der Waals surface area contributed by atoms with E-state index >= 15 is 0 Å². The van der Waals surface area contributed by atoms with E-state index in [9.17, 15) is 4.79 Å². The van der Waals surface area contributed by atoms with E-state index in [4.69, 9.17) is 4.99 Å². The minimum atomic E-state index is 0.0404. The Hall–Kier alpha value is -2.08. The monoisotopic (exact) mass is 357 g/mol. The van der Waals surface area contributed by atoms with Gasteiger partial charge in [0.1, 0.15) is 0 Å². The van der Waals surface area contributed by atoms with E-state index in [2.05, 4.69) is 34.6 Å². The summed E-state index contributed by atoms with van der Waals surface area (Å²) in [5.74, 6) is 0.762. The molecule has 26 heavy (non-hydrogen) atoms. The van der Waals surface area contributed by atoms with Crippen LogP contribution in [0.25, 0.3) is 0 Å². The molecule has 0 aromatic heterocycles. The Bertz CT molecular complexity index is 626. The molecule has 1 saturated heterocycles. The van der Waals surface area contributed by atoms with Crippen LogP contribution in [-0.4, -0.2) is 67.0 Å². The van der Waals surface area contributed by atoms with Gasteiger partial charge in [-0.25, -0.2) is 4.99 Å². The van der Waals surface area contributed by atoms with Gasteiger partial charge >= 0.3 is 0 Å². The number of benzene rings is 1. The molecule has 2 atom stereocenters. The molecule has 2 N–H and O–H groups in total. The first-order valence-corrected chi connectivity index (χ1v) is 9.57. The summed E-state index contributed by atoms with van der Waals surface area (Å²) < 4.78 is 0. The molecular formula is C20H31N5O. The predicted molar refractivity (Wildman–Crippen MR) is 105 cm³/mol. The Morgan fingerprint density at radius 1 is 1.27 bits per heavy atom. The molecule has 0 bridgehead atoms. The summed E-state index contributed by atoms with van der Waals surface area (Å²) in [4.78, 5) is 20.8. The number of nitrogens with zero attached hydrogens (tertiary/aromatic N) is 3. The van der Waals surface area contributed by atoms with E-state index < -0.39 is 0 Å². The molecule has 2 aliphatic rings. The Balaban J connectivity index is 1.61. The fourth-order valence-corrected chi connectivity index (χ4v) is 3.49. The van der Waals surface area contributed by atoms with Crippen LogP contribution in [0.5, 0.6) is 0 Å². The van der Waals surface area contributed by atoms with Crippen LogP contribution in [0.1, 0.15) is 31.7 Å². The Labute approximate surface area is 156 Å². The summed E-state index contributed by atoms with van der Waals surface area (Å²) >= 11 is 0. The lowest BCUT2D eigenvalue weighted by Gasteiger charge is -2.20. The van der Waals surface area contributed by atoms with E-state index in [0.29, 0.717) is 18.6 Å². The maximum Gasteiger partial charge on any atom is 0.241 e. The van der Waals surface area contributed by atoms with Crippen LogP contribution in [0, 0.1) is 0 Å². The average molecular weight is 358 g/mol. The van der Waals surface area contributed by atoms with Gasteiger partial charge < -0.3 is 15.5 Å². The van der Waals surface area contributed by atoms with Crippen molar-refractivity contribution in [3.05, 3.63) is 35.9 Å². The highest BCUT2D eigenvalue weighted by Gasteiger charge is 2.38. The largest absolute Gasteiger partial charge is 0.352 e. The number of hydrogen-bond acceptors (Lipinski definition) is 3. The Kier molecular flexibility index (Phi) is 6.14. The van der Waals surface area contributed by atoms with Crippen LogP contribution >= 0.6 is 0 Å². The highest BCUT2D eigenvalue weighted by atomic mass is 16.2. The minimum absolute atomic E-state index is 0.0404. The van der Waals surface area contributed by atoms with Crippen molar-refractivity contribution < 1.29 is 4.79 Å². The average Bonchev–Trinajstić information content (AvgIpc) is 3.41. The maximum atomic E-state index is 11.9. The highest BCUT2D eigenvalue weighted by Crippen LogP contribution is 2.33. The molecule has 2 fully saturated rings. The smallest absolute Gasteiger partial charge is 0.241 e. The quantitative estimate of drug-likeness (QED) is 0.597. The summed E-state index contributed by atoms with van der Waals surface area (Å²) in [5.41, 5.74) is 1.16. The molecule has 1 aromatic rings. The third kappa shape index (κ3) is 5.21. The molecule has 2 unspecified atom stereocenters. The van der Waals surface area contributed by atoms with Gasteiger partial charge in [-0.2, -0.15) is 0 Å². The fraction of sp³-hybridized carbons (Fsp3) is 0.600.